The average molecular weight is 246 g/mol. The Hall–Kier alpha value is -1.51. The minimum absolute atomic E-state index is 0.124. The van der Waals surface area contributed by atoms with Crippen LogP contribution in [-0.4, -0.2) is 37.5 Å². The van der Waals surface area contributed by atoms with Crippen molar-refractivity contribution in [3.05, 3.63) is 29.8 Å². The van der Waals surface area contributed by atoms with Gasteiger partial charge in [-0.3, -0.25) is 4.79 Å². The molecule has 1 heterocycles. The summed E-state index contributed by atoms with van der Waals surface area (Å²) in [5.74, 6) is 0.124. The van der Waals surface area contributed by atoms with E-state index in [-0.39, 0.29) is 5.91 Å². The van der Waals surface area contributed by atoms with Crippen LogP contribution >= 0.6 is 0 Å². The normalized spacial score (nSPS) is 15.6. The Morgan fingerprint density at radius 2 is 1.89 bits per heavy atom. The van der Waals surface area contributed by atoms with Crippen LogP contribution < -0.4 is 4.90 Å². The molecule has 2 rings (SSSR count). The first kappa shape index (κ1) is 12.9. The summed E-state index contributed by atoms with van der Waals surface area (Å²) < 4.78 is 0. The van der Waals surface area contributed by atoms with Gasteiger partial charge in [-0.1, -0.05) is 12.1 Å². The molecular weight excluding hydrogens is 224 g/mol. The van der Waals surface area contributed by atoms with Crippen LogP contribution in [0.4, 0.5) is 5.69 Å². The molecule has 1 amide bonds. The predicted molar refractivity (Wildman–Crippen MR) is 75.1 cm³/mol. The number of para-hydroxylation sites is 1. The zero-order valence-electron chi connectivity index (χ0n) is 11.4. The highest BCUT2D eigenvalue weighted by Gasteiger charge is 2.19. The highest BCUT2D eigenvalue weighted by molar-refractivity contribution is 5.99. The van der Waals surface area contributed by atoms with Crippen molar-refractivity contribution in [3.63, 3.8) is 0 Å². The van der Waals surface area contributed by atoms with Gasteiger partial charge in [-0.2, -0.15) is 0 Å². The Kier molecular flexibility index (Phi) is 4.24. The van der Waals surface area contributed by atoms with Gasteiger partial charge in [0.15, 0.2) is 0 Å². The first-order valence-corrected chi connectivity index (χ1v) is 6.83. The molecule has 0 aromatic heterocycles. The molecule has 0 aliphatic carbocycles. The largest absolute Gasteiger partial charge is 0.371 e. The van der Waals surface area contributed by atoms with Gasteiger partial charge >= 0.3 is 0 Å². The first-order chi connectivity index (χ1) is 8.74. The number of nitrogens with zero attached hydrogens (tertiary/aromatic N) is 2. The maximum atomic E-state index is 12.3. The van der Waals surface area contributed by atoms with Gasteiger partial charge in [-0.05, 0) is 38.3 Å². The van der Waals surface area contributed by atoms with Crippen LogP contribution in [-0.2, 0) is 0 Å². The number of piperidine rings is 1. The fourth-order valence-electron chi connectivity index (χ4n) is 2.41. The van der Waals surface area contributed by atoms with E-state index in [1.165, 1.54) is 19.3 Å². The van der Waals surface area contributed by atoms with E-state index in [4.69, 9.17) is 0 Å². The molecule has 1 fully saturated rings. The SMILES string of the molecule is CCN(C)C(=O)c1ccccc1N1CCCCC1. The molecule has 0 N–H and O–H groups in total. The average Bonchev–Trinajstić information content (AvgIpc) is 2.46. The van der Waals surface area contributed by atoms with Gasteiger partial charge in [0.25, 0.3) is 5.91 Å². The van der Waals surface area contributed by atoms with Crippen molar-refractivity contribution < 1.29 is 4.79 Å². The first-order valence-electron chi connectivity index (χ1n) is 6.83. The van der Waals surface area contributed by atoms with E-state index >= 15 is 0 Å². The second kappa shape index (κ2) is 5.89. The Morgan fingerprint density at radius 3 is 2.56 bits per heavy atom. The predicted octanol–water partition coefficient (Wildman–Crippen LogP) is 2.77. The molecule has 1 aromatic carbocycles. The fraction of sp³-hybridized carbons (Fsp3) is 0.533. The summed E-state index contributed by atoms with van der Waals surface area (Å²) in [5.41, 5.74) is 1.94. The van der Waals surface area contributed by atoms with Crippen molar-refractivity contribution in [2.75, 3.05) is 31.6 Å². The number of benzene rings is 1. The number of rotatable bonds is 3. The third kappa shape index (κ3) is 2.66. The van der Waals surface area contributed by atoms with E-state index < -0.39 is 0 Å². The minimum atomic E-state index is 0.124. The molecule has 0 bridgehead atoms. The van der Waals surface area contributed by atoms with Crippen molar-refractivity contribution in [1.82, 2.24) is 4.90 Å². The van der Waals surface area contributed by atoms with Gasteiger partial charge in [0.1, 0.15) is 0 Å². The van der Waals surface area contributed by atoms with Crippen molar-refractivity contribution in [2.24, 2.45) is 0 Å². The van der Waals surface area contributed by atoms with Crippen molar-refractivity contribution in [1.29, 1.82) is 0 Å². The summed E-state index contributed by atoms with van der Waals surface area (Å²) in [6.07, 6.45) is 3.76. The molecule has 0 spiro atoms. The number of anilines is 1. The Balaban J connectivity index is 2.27. The lowest BCUT2D eigenvalue weighted by Crippen LogP contribution is -2.33. The van der Waals surface area contributed by atoms with Crippen LogP contribution in [0.25, 0.3) is 0 Å². The number of amides is 1. The second-order valence-electron chi connectivity index (χ2n) is 4.88. The van der Waals surface area contributed by atoms with Gasteiger partial charge in [0, 0.05) is 32.4 Å². The molecule has 1 saturated heterocycles. The molecule has 3 heteroatoms. The standard InChI is InChI=1S/C15H22N2O/c1-3-16(2)15(18)13-9-5-6-10-14(13)17-11-7-4-8-12-17/h5-6,9-10H,3-4,7-8,11-12H2,1-2H3. The minimum Gasteiger partial charge on any atom is -0.371 e. The zero-order chi connectivity index (χ0) is 13.0. The summed E-state index contributed by atoms with van der Waals surface area (Å²) in [4.78, 5) is 16.5. The van der Waals surface area contributed by atoms with E-state index in [9.17, 15) is 4.79 Å². The smallest absolute Gasteiger partial charge is 0.255 e. The molecule has 0 saturated carbocycles. The van der Waals surface area contributed by atoms with Gasteiger partial charge < -0.3 is 9.80 Å². The highest BCUT2D eigenvalue weighted by Crippen LogP contribution is 2.24. The maximum Gasteiger partial charge on any atom is 0.255 e. The molecule has 0 unspecified atom stereocenters. The molecular formula is C15H22N2O. The van der Waals surface area contributed by atoms with Crippen molar-refractivity contribution in [2.45, 2.75) is 26.2 Å². The third-order valence-electron chi connectivity index (χ3n) is 3.65. The zero-order valence-corrected chi connectivity index (χ0v) is 11.4. The number of hydrogen-bond donors (Lipinski definition) is 0. The molecule has 1 aromatic rings. The Bertz CT molecular complexity index is 411. The topological polar surface area (TPSA) is 23.6 Å². The van der Waals surface area contributed by atoms with Crippen LogP contribution in [0.1, 0.15) is 36.5 Å². The van der Waals surface area contributed by atoms with E-state index in [0.29, 0.717) is 0 Å². The van der Waals surface area contributed by atoms with Crippen LogP contribution in [0, 0.1) is 0 Å². The van der Waals surface area contributed by atoms with Crippen molar-refractivity contribution >= 4 is 11.6 Å². The number of hydrogen-bond acceptors (Lipinski definition) is 2. The van der Waals surface area contributed by atoms with Gasteiger partial charge in [0.05, 0.1) is 5.56 Å². The van der Waals surface area contributed by atoms with Gasteiger partial charge in [-0.15, -0.1) is 0 Å². The molecule has 3 nitrogen and oxygen atoms in total. The van der Waals surface area contributed by atoms with Crippen LogP contribution in [0.2, 0.25) is 0 Å². The maximum absolute atomic E-state index is 12.3. The highest BCUT2D eigenvalue weighted by atomic mass is 16.2. The van der Waals surface area contributed by atoms with E-state index in [1.807, 2.05) is 32.2 Å². The van der Waals surface area contributed by atoms with Crippen molar-refractivity contribution in [3.8, 4) is 0 Å². The van der Waals surface area contributed by atoms with Gasteiger partial charge in [0.2, 0.25) is 0 Å². The summed E-state index contributed by atoms with van der Waals surface area (Å²) >= 11 is 0. The molecule has 1 aliphatic heterocycles. The van der Waals surface area contributed by atoms with E-state index in [2.05, 4.69) is 11.0 Å². The lowest BCUT2D eigenvalue weighted by Gasteiger charge is -2.31. The van der Waals surface area contributed by atoms with Crippen LogP contribution in [0.15, 0.2) is 24.3 Å². The monoisotopic (exact) mass is 246 g/mol. The second-order valence-corrected chi connectivity index (χ2v) is 4.88. The van der Waals surface area contributed by atoms with Crippen LogP contribution in [0.5, 0.6) is 0 Å². The Morgan fingerprint density at radius 1 is 1.22 bits per heavy atom. The lowest BCUT2D eigenvalue weighted by molar-refractivity contribution is 0.0803. The van der Waals surface area contributed by atoms with Gasteiger partial charge in [-0.25, -0.2) is 0 Å². The summed E-state index contributed by atoms with van der Waals surface area (Å²) in [7, 11) is 1.86. The third-order valence-corrected chi connectivity index (χ3v) is 3.65. The van der Waals surface area contributed by atoms with E-state index in [0.717, 1.165) is 30.9 Å². The summed E-state index contributed by atoms with van der Waals surface area (Å²) in [5, 5.41) is 0. The molecule has 18 heavy (non-hydrogen) atoms. The van der Waals surface area contributed by atoms with Crippen LogP contribution in [0.3, 0.4) is 0 Å². The quantitative estimate of drug-likeness (QED) is 0.818. The molecule has 98 valence electrons. The molecule has 0 radical (unpaired) electrons. The molecule has 0 atom stereocenters. The summed E-state index contributed by atoms with van der Waals surface area (Å²) in [6, 6.07) is 7.98. The Labute approximate surface area is 109 Å². The summed E-state index contributed by atoms with van der Waals surface area (Å²) in [6.45, 7) is 4.88. The van der Waals surface area contributed by atoms with E-state index in [1.54, 1.807) is 4.90 Å². The lowest BCUT2D eigenvalue weighted by atomic mass is 10.1. The molecule has 1 aliphatic rings. The number of carbonyl (C=O) groups excluding carboxylic acids is 1. The number of carbonyl (C=O) groups is 1. The fourth-order valence-corrected chi connectivity index (χ4v) is 2.41.